The maximum Gasteiger partial charge on any atom is 0.338 e. The molecule has 0 aliphatic heterocycles. The lowest BCUT2D eigenvalue weighted by Gasteiger charge is -2.24. The van der Waals surface area contributed by atoms with E-state index in [4.69, 9.17) is 4.74 Å². The molecule has 1 aromatic carbocycles. The number of carbonyl (C=O) groups excluding carboxylic acids is 1. The highest BCUT2D eigenvalue weighted by Gasteiger charge is 2.20. The molecule has 0 fully saturated rings. The van der Waals surface area contributed by atoms with Gasteiger partial charge in [0, 0.05) is 0 Å². The van der Waals surface area contributed by atoms with E-state index in [2.05, 4.69) is 19.1 Å². The van der Waals surface area contributed by atoms with Gasteiger partial charge in [-0.25, -0.2) is 9.18 Å². The minimum Gasteiger partial charge on any atom is -0.462 e. The molecule has 1 aliphatic carbocycles. The number of rotatable bonds is 3. The third kappa shape index (κ3) is 3.19. The van der Waals surface area contributed by atoms with Crippen molar-refractivity contribution in [2.75, 3.05) is 6.61 Å². The van der Waals surface area contributed by atoms with E-state index in [0.717, 1.165) is 12.8 Å². The standard InChI is InChI=1S/C15H17FO2/c1-11-5-2-3-6-13(11)10-18-15(17)12-7-4-8-14(16)9-12/h2-4,7-9,11,13H,5-6,10H2,1H3. The van der Waals surface area contributed by atoms with Crippen molar-refractivity contribution < 1.29 is 13.9 Å². The van der Waals surface area contributed by atoms with Gasteiger partial charge in [0.2, 0.25) is 0 Å². The summed E-state index contributed by atoms with van der Waals surface area (Å²) in [6.45, 7) is 2.56. The second-order valence-electron chi connectivity index (χ2n) is 4.79. The molecule has 0 bridgehead atoms. The Morgan fingerprint density at radius 1 is 1.39 bits per heavy atom. The minimum atomic E-state index is -0.448. The minimum absolute atomic E-state index is 0.272. The maximum absolute atomic E-state index is 13.0. The number of carbonyl (C=O) groups is 1. The molecule has 0 spiro atoms. The van der Waals surface area contributed by atoms with Gasteiger partial charge in [0.25, 0.3) is 0 Å². The Morgan fingerprint density at radius 3 is 2.89 bits per heavy atom. The van der Waals surface area contributed by atoms with Gasteiger partial charge < -0.3 is 4.74 Å². The molecule has 0 radical (unpaired) electrons. The number of halogens is 1. The predicted octanol–water partition coefficient (Wildman–Crippen LogP) is 3.58. The van der Waals surface area contributed by atoms with E-state index in [1.165, 1.54) is 18.2 Å². The zero-order valence-corrected chi connectivity index (χ0v) is 10.4. The lowest BCUT2D eigenvalue weighted by Crippen LogP contribution is -2.21. The number of ether oxygens (including phenoxy) is 1. The molecule has 18 heavy (non-hydrogen) atoms. The van der Waals surface area contributed by atoms with Crippen LogP contribution in [0.2, 0.25) is 0 Å². The fourth-order valence-corrected chi connectivity index (χ4v) is 2.12. The van der Waals surface area contributed by atoms with Gasteiger partial charge >= 0.3 is 5.97 Å². The Morgan fingerprint density at radius 2 is 2.17 bits per heavy atom. The van der Waals surface area contributed by atoms with Crippen molar-refractivity contribution in [2.45, 2.75) is 19.8 Å². The van der Waals surface area contributed by atoms with Gasteiger partial charge in [0.1, 0.15) is 5.82 Å². The highest BCUT2D eigenvalue weighted by Crippen LogP contribution is 2.25. The van der Waals surface area contributed by atoms with E-state index in [1.54, 1.807) is 6.07 Å². The second kappa shape index (κ2) is 5.80. The number of benzene rings is 1. The van der Waals surface area contributed by atoms with E-state index in [0.29, 0.717) is 18.4 Å². The molecule has 0 aromatic heterocycles. The molecule has 2 unspecified atom stereocenters. The number of hydrogen-bond acceptors (Lipinski definition) is 2. The second-order valence-corrected chi connectivity index (χ2v) is 4.79. The van der Waals surface area contributed by atoms with Gasteiger partial charge in [-0.15, -0.1) is 0 Å². The Kier molecular flexibility index (Phi) is 4.13. The highest BCUT2D eigenvalue weighted by atomic mass is 19.1. The number of allylic oxidation sites excluding steroid dienone is 2. The third-order valence-corrected chi connectivity index (χ3v) is 3.41. The monoisotopic (exact) mass is 248 g/mol. The predicted molar refractivity (Wildman–Crippen MR) is 67.7 cm³/mol. The number of esters is 1. The van der Waals surface area contributed by atoms with Crippen molar-refractivity contribution >= 4 is 5.97 Å². The molecule has 2 rings (SSSR count). The third-order valence-electron chi connectivity index (χ3n) is 3.41. The summed E-state index contributed by atoms with van der Waals surface area (Å²) in [6.07, 6.45) is 6.26. The number of hydrogen-bond donors (Lipinski definition) is 0. The Balaban J connectivity index is 1.90. The zero-order chi connectivity index (χ0) is 13.0. The molecule has 2 nitrogen and oxygen atoms in total. The quantitative estimate of drug-likeness (QED) is 0.603. The van der Waals surface area contributed by atoms with Gasteiger partial charge in [-0.1, -0.05) is 25.1 Å². The van der Waals surface area contributed by atoms with Crippen LogP contribution in [-0.4, -0.2) is 12.6 Å². The normalized spacial score (nSPS) is 22.8. The highest BCUT2D eigenvalue weighted by molar-refractivity contribution is 5.89. The fraction of sp³-hybridized carbons (Fsp3) is 0.400. The molecule has 0 heterocycles. The van der Waals surface area contributed by atoms with Gasteiger partial charge in [-0.2, -0.15) is 0 Å². The summed E-state index contributed by atoms with van der Waals surface area (Å²) >= 11 is 0. The van der Waals surface area contributed by atoms with Crippen LogP contribution in [0.15, 0.2) is 36.4 Å². The summed E-state index contributed by atoms with van der Waals surface area (Å²) in [5.41, 5.74) is 0.272. The largest absolute Gasteiger partial charge is 0.462 e. The maximum atomic E-state index is 13.0. The van der Waals surface area contributed by atoms with Crippen molar-refractivity contribution in [3.05, 3.63) is 47.8 Å². The van der Waals surface area contributed by atoms with E-state index in [-0.39, 0.29) is 5.56 Å². The Hall–Kier alpha value is -1.64. The Bertz CT molecular complexity index is 454. The summed E-state index contributed by atoms with van der Waals surface area (Å²) in [4.78, 5) is 11.7. The first-order chi connectivity index (χ1) is 8.66. The molecule has 0 amide bonds. The van der Waals surface area contributed by atoms with E-state index >= 15 is 0 Å². The van der Waals surface area contributed by atoms with Gasteiger partial charge in [-0.05, 0) is 42.9 Å². The summed E-state index contributed by atoms with van der Waals surface area (Å²) in [7, 11) is 0. The van der Waals surface area contributed by atoms with Crippen molar-refractivity contribution in [1.29, 1.82) is 0 Å². The smallest absolute Gasteiger partial charge is 0.338 e. The van der Waals surface area contributed by atoms with Crippen LogP contribution >= 0.6 is 0 Å². The molecule has 0 saturated heterocycles. The molecule has 1 aliphatic rings. The summed E-state index contributed by atoms with van der Waals surface area (Å²) in [5.74, 6) is 0.0255. The van der Waals surface area contributed by atoms with Crippen molar-refractivity contribution in [2.24, 2.45) is 11.8 Å². The van der Waals surface area contributed by atoms with Crippen LogP contribution in [0.1, 0.15) is 30.1 Å². The average Bonchev–Trinajstić information content (AvgIpc) is 2.37. The van der Waals surface area contributed by atoms with Crippen molar-refractivity contribution in [3.63, 3.8) is 0 Å². The lowest BCUT2D eigenvalue weighted by molar-refractivity contribution is 0.0395. The van der Waals surface area contributed by atoms with Crippen molar-refractivity contribution in [3.8, 4) is 0 Å². The van der Waals surface area contributed by atoms with E-state index in [1.807, 2.05) is 0 Å². The first-order valence-electron chi connectivity index (χ1n) is 6.24. The van der Waals surface area contributed by atoms with Crippen LogP contribution in [0, 0.1) is 17.7 Å². The molecule has 3 heteroatoms. The summed E-state index contributed by atoms with van der Waals surface area (Å²) < 4.78 is 18.2. The molecule has 2 atom stereocenters. The first-order valence-corrected chi connectivity index (χ1v) is 6.24. The van der Waals surface area contributed by atoms with Crippen molar-refractivity contribution in [1.82, 2.24) is 0 Å². The van der Waals surface area contributed by atoms with Crippen LogP contribution in [0.25, 0.3) is 0 Å². The lowest BCUT2D eigenvalue weighted by atomic mass is 9.85. The molecule has 96 valence electrons. The fourth-order valence-electron chi connectivity index (χ4n) is 2.12. The molecule has 1 aromatic rings. The summed E-state index contributed by atoms with van der Waals surface area (Å²) in [6, 6.07) is 5.59. The van der Waals surface area contributed by atoms with Gasteiger partial charge in [0.15, 0.2) is 0 Å². The SMILES string of the molecule is CC1CC=CCC1COC(=O)c1cccc(F)c1. The summed E-state index contributed by atoms with van der Waals surface area (Å²) in [5, 5.41) is 0. The molecular weight excluding hydrogens is 231 g/mol. The first kappa shape index (κ1) is 12.8. The zero-order valence-electron chi connectivity index (χ0n) is 10.4. The van der Waals surface area contributed by atoms with Gasteiger partial charge in [0.05, 0.1) is 12.2 Å². The van der Waals surface area contributed by atoms with Gasteiger partial charge in [-0.3, -0.25) is 0 Å². The van der Waals surface area contributed by atoms with Crippen LogP contribution in [0.4, 0.5) is 4.39 Å². The van der Waals surface area contributed by atoms with Crippen LogP contribution in [0.3, 0.4) is 0 Å². The average molecular weight is 248 g/mol. The molecule has 0 saturated carbocycles. The van der Waals surface area contributed by atoms with E-state index < -0.39 is 11.8 Å². The topological polar surface area (TPSA) is 26.3 Å². The van der Waals surface area contributed by atoms with E-state index in [9.17, 15) is 9.18 Å². The van der Waals surface area contributed by atoms with Crippen LogP contribution < -0.4 is 0 Å². The molecule has 0 N–H and O–H groups in total. The Labute approximate surface area is 106 Å². The van der Waals surface area contributed by atoms with Crippen LogP contribution in [-0.2, 0) is 4.74 Å². The molecular formula is C15H17FO2. The van der Waals surface area contributed by atoms with Crippen LogP contribution in [0.5, 0.6) is 0 Å².